The molecule has 0 bridgehead atoms. The summed E-state index contributed by atoms with van der Waals surface area (Å²) in [5.74, 6) is 0. The lowest BCUT2D eigenvalue weighted by Gasteiger charge is -2.02. The first-order valence-electron chi connectivity index (χ1n) is 4.32. The molecule has 0 radical (unpaired) electrons. The van der Waals surface area contributed by atoms with Crippen molar-refractivity contribution in [1.29, 1.82) is 0 Å². The van der Waals surface area contributed by atoms with E-state index in [4.69, 9.17) is 0 Å². The molecule has 70 valence electrons. The van der Waals surface area contributed by atoms with Gasteiger partial charge >= 0.3 is 0 Å². The van der Waals surface area contributed by atoms with E-state index in [9.17, 15) is 0 Å². The molecule has 0 saturated carbocycles. The van der Waals surface area contributed by atoms with Crippen LogP contribution in [0.2, 0.25) is 0 Å². The highest BCUT2D eigenvalue weighted by Gasteiger charge is 2.01. The van der Waals surface area contributed by atoms with Crippen LogP contribution in [0.5, 0.6) is 0 Å². The van der Waals surface area contributed by atoms with Gasteiger partial charge in [0.1, 0.15) is 4.60 Å². The van der Waals surface area contributed by atoms with Crippen LogP contribution in [0.25, 0.3) is 11.3 Å². The normalized spacial score (nSPS) is 10.1. The first-order valence-corrected chi connectivity index (χ1v) is 5.12. The minimum Gasteiger partial charge on any atom is -0.149 e. The van der Waals surface area contributed by atoms with Crippen LogP contribution < -0.4 is 0 Å². The Morgan fingerprint density at radius 2 is 1.79 bits per heavy atom. The van der Waals surface area contributed by atoms with Crippen molar-refractivity contribution >= 4 is 15.9 Å². The lowest BCUT2D eigenvalue weighted by Crippen LogP contribution is -1.89. The molecule has 0 unspecified atom stereocenters. The van der Waals surface area contributed by atoms with Crippen molar-refractivity contribution in [3.05, 3.63) is 46.6 Å². The Bertz CT molecular complexity index is 437. The first-order chi connectivity index (χ1) is 6.77. The highest BCUT2D eigenvalue weighted by atomic mass is 79.9. The monoisotopic (exact) mass is 248 g/mol. The summed E-state index contributed by atoms with van der Waals surface area (Å²) < 4.78 is 0.759. The zero-order valence-corrected chi connectivity index (χ0v) is 9.32. The number of halogens is 1. The summed E-state index contributed by atoms with van der Waals surface area (Å²) >= 11 is 3.26. The molecule has 1 heterocycles. The van der Waals surface area contributed by atoms with Crippen LogP contribution in [0.15, 0.2) is 41.0 Å². The van der Waals surface area contributed by atoms with E-state index < -0.39 is 0 Å². The van der Waals surface area contributed by atoms with Crippen molar-refractivity contribution in [2.75, 3.05) is 0 Å². The first kappa shape index (κ1) is 9.34. The van der Waals surface area contributed by atoms with Gasteiger partial charge in [-0.05, 0) is 40.5 Å². The lowest BCUT2D eigenvalue weighted by atomic mass is 10.1. The highest BCUT2D eigenvalue weighted by molar-refractivity contribution is 9.10. The largest absolute Gasteiger partial charge is 0.149 e. The van der Waals surface area contributed by atoms with Crippen molar-refractivity contribution in [1.82, 2.24) is 10.2 Å². The second-order valence-electron chi connectivity index (χ2n) is 3.06. The molecule has 0 fully saturated rings. The molecule has 1 aromatic heterocycles. The average Bonchev–Trinajstić information content (AvgIpc) is 2.20. The van der Waals surface area contributed by atoms with Crippen molar-refractivity contribution in [3.63, 3.8) is 0 Å². The number of aromatic nitrogens is 2. The molecule has 0 spiro atoms. The summed E-state index contributed by atoms with van der Waals surface area (Å²) in [5, 5.41) is 8.08. The molecule has 0 aliphatic carbocycles. The fourth-order valence-electron chi connectivity index (χ4n) is 1.32. The molecule has 0 saturated heterocycles. The lowest BCUT2D eigenvalue weighted by molar-refractivity contribution is 1.01. The Morgan fingerprint density at radius 3 is 2.43 bits per heavy atom. The Morgan fingerprint density at radius 1 is 1.00 bits per heavy atom. The maximum absolute atomic E-state index is 4.11. The van der Waals surface area contributed by atoms with E-state index in [-0.39, 0.29) is 0 Å². The second kappa shape index (κ2) is 3.88. The maximum Gasteiger partial charge on any atom is 0.128 e. The van der Waals surface area contributed by atoms with E-state index in [1.54, 1.807) is 0 Å². The third-order valence-electron chi connectivity index (χ3n) is 2.05. The van der Waals surface area contributed by atoms with Gasteiger partial charge in [0.25, 0.3) is 0 Å². The number of nitrogens with zero attached hydrogens (tertiary/aromatic N) is 2. The third-order valence-corrected chi connectivity index (χ3v) is 2.48. The molecule has 0 aliphatic heterocycles. The van der Waals surface area contributed by atoms with Gasteiger partial charge < -0.3 is 0 Å². The zero-order chi connectivity index (χ0) is 9.97. The van der Waals surface area contributed by atoms with E-state index in [1.807, 2.05) is 30.3 Å². The predicted molar refractivity (Wildman–Crippen MR) is 59.9 cm³/mol. The molecule has 0 N–H and O–H groups in total. The summed E-state index contributed by atoms with van der Waals surface area (Å²) in [4.78, 5) is 0. The van der Waals surface area contributed by atoms with E-state index in [2.05, 4.69) is 39.1 Å². The summed E-state index contributed by atoms with van der Waals surface area (Å²) in [6.07, 6.45) is 0. The molecular formula is C11H9BrN2. The van der Waals surface area contributed by atoms with Crippen LogP contribution >= 0.6 is 15.9 Å². The molecule has 14 heavy (non-hydrogen) atoms. The van der Waals surface area contributed by atoms with Gasteiger partial charge in [-0.2, -0.15) is 0 Å². The zero-order valence-electron chi connectivity index (χ0n) is 7.74. The Hall–Kier alpha value is -1.22. The van der Waals surface area contributed by atoms with E-state index >= 15 is 0 Å². The van der Waals surface area contributed by atoms with Gasteiger partial charge in [-0.3, -0.25) is 0 Å². The third kappa shape index (κ3) is 1.82. The Balaban J connectivity index is 2.50. The molecule has 0 amide bonds. The van der Waals surface area contributed by atoms with Gasteiger partial charge in [0.15, 0.2) is 0 Å². The molecule has 3 heteroatoms. The molecular weight excluding hydrogens is 240 g/mol. The standard InChI is InChI=1S/C11H9BrN2/c1-8-4-2-3-5-9(8)10-6-7-11(12)14-13-10/h2-7H,1H3. The molecule has 0 atom stereocenters. The average molecular weight is 249 g/mol. The molecule has 0 aliphatic rings. The van der Waals surface area contributed by atoms with E-state index in [0.717, 1.165) is 15.9 Å². The van der Waals surface area contributed by atoms with Gasteiger partial charge in [-0.1, -0.05) is 24.3 Å². The fraction of sp³-hybridized carbons (Fsp3) is 0.0909. The van der Waals surface area contributed by atoms with Crippen molar-refractivity contribution < 1.29 is 0 Å². The number of rotatable bonds is 1. The topological polar surface area (TPSA) is 25.8 Å². The minimum absolute atomic E-state index is 0.759. The molecule has 2 aromatic rings. The van der Waals surface area contributed by atoms with Crippen molar-refractivity contribution in [2.45, 2.75) is 6.92 Å². The van der Waals surface area contributed by atoms with Crippen LogP contribution in [-0.2, 0) is 0 Å². The SMILES string of the molecule is Cc1ccccc1-c1ccc(Br)nn1. The quantitative estimate of drug-likeness (QED) is 0.775. The van der Waals surface area contributed by atoms with Crippen LogP contribution in [0.3, 0.4) is 0 Å². The summed E-state index contributed by atoms with van der Waals surface area (Å²) in [5.41, 5.74) is 3.25. The number of hydrogen-bond donors (Lipinski definition) is 0. The predicted octanol–water partition coefficient (Wildman–Crippen LogP) is 3.21. The Labute approximate surface area is 91.1 Å². The summed E-state index contributed by atoms with van der Waals surface area (Å²) in [7, 11) is 0. The van der Waals surface area contributed by atoms with Crippen molar-refractivity contribution in [3.8, 4) is 11.3 Å². The van der Waals surface area contributed by atoms with E-state index in [0.29, 0.717) is 0 Å². The van der Waals surface area contributed by atoms with E-state index in [1.165, 1.54) is 5.56 Å². The molecule has 2 rings (SSSR count). The second-order valence-corrected chi connectivity index (χ2v) is 3.87. The van der Waals surface area contributed by atoms with Gasteiger partial charge in [0.05, 0.1) is 5.69 Å². The van der Waals surface area contributed by atoms with Gasteiger partial charge in [0.2, 0.25) is 0 Å². The molecule has 2 nitrogen and oxygen atoms in total. The smallest absolute Gasteiger partial charge is 0.128 e. The minimum atomic E-state index is 0.759. The Kier molecular flexibility index (Phi) is 2.59. The van der Waals surface area contributed by atoms with Gasteiger partial charge in [-0.25, -0.2) is 0 Å². The summed E-state index contributed by atoms with van der Waals surface area (Å²) in [6.45, 7) is 2.07. The van der Waals surface area contributed by atoms with Gasteiger partial charge in [0, 0.05) is 5.56 Å². The summed E-state index contributed by atoms with van der Waals surface area (Å²) in [6, 6.07) is 12.0. The number of aryl methyl sites for hydroxylation is 1. The van der Waals surface area contributed by atoms with Gasteiger partial charge in [-0.15, -0.1) is 10.2 Å². The fourth-order valence-corrected chi connectivity index (χ4v) is 1.53. The van der Waals surface area contributed by atoms with Crippen LogP contribution in [0.4, 0.5) is 0 Å². The van der Waals surface area contributed by atoms with Crippen LogP contribution in [0.1, 0.15) is 5.56 Å². The highest BCUT2D eigenvalue weighted by Crippen LogP contribution is 2.20. The van der Waals surface area contributed by atoms with Crippen LogP contribution in [0, 0.1) is 6.92 Å². The van der Waals surface area contributed by atoms with Crippen molar-refractivity contribution in [2.24, 2.45) is 0 Å². The maximum atomic E-state index is 4.11. The number of benzene rings is 1. The van der Waals surface area contributed by atoms with Crippen LogP contribution in [-0.4, -0.2) is 10.2 Å². The molecule has 1 aromatic carbocycles. The number of hydrogen-bond acceptors (Lipinski definition) is 2.